The summed E-state index contributed by atoms with van der Waals surface area (Å²) in [7, 11) is 0. The highest BCUT2D eigenvalue weighted by Gasteiger charge is 2.09. The molecule has 23 heavy (non-hydrogen) atoms. The Morgan fingerprint density at radius 3 is 3.09 bits per heavy atom. The number of aromatic amines is 1. The van der Waals surface area contributed by atoms with Crippen molar-refractivity contribution in [3.63, 3.8) is 0 Å². The van der Waals surface area contributed by atoms with Crippen LogP contribution in [0.5, 0.6) is 0 Å². The van der Waals surface area contributed by atoms with Crippen LogP contribution in [-0.2, 0) is 11.3 Å². The van der Waals surface area contributed by atoms with E-state index in [0.717, 1.165) is 0 Å². The summed E-state index contributed by atoms with van der Waals surface area (Å²) in [4.78, 5) is 29.5. The van der Waals surface area contributed by atoms with E-state index in [0.29, 0.717) is 11.3 Å². The van der Waals surface area contributed by atoms with Crippen molar-refractivity contribution in [1.29, 1.82) is 0 Å². The van der Waals surface area contributed by atoms with Crippen molar-refractivity contribution in [2.45, 2.75) is 6.54 Å². The zero-order chi connectivity index (χ0) is 16.1. The van der Waals surface area contributed by atoms with E-state index in [2.05, 4.69) is 20.4 Å². The lowest BCUT2D eigenvalue weighted by atomic mass is 10.2. The Morgan fingerprint density at radius 2 is 2.30 bits per heavy atom. The van der Waals surface area contributed by atoms with E-state index < -0.39 is 0 Å². The van der Waals surface area contributed by atoms with Gasteiger partial charge in [-0.05, 0) is 24.3 Å². The minimum atomic E-state index is -0.322. The fraction of sp³-hybridized carbons (Fsp3) is 0.0667. The van der Waals surface area contributed by atoms with Gasteiger partial charge in [0.2, 0.25) is 23.2 Å². The van der Waals surface area contributed by atoms with Gasteiger partial charge in [0, 0.05) is 23.9 Å². The number of hydrogen-bond acceptors (Lipinski definition) is 6. The van der Waals surface area contributed by atoms with Crippen LogP contribution in [-0.4, -0.2) is 21.0 Å². The molecule has 0 aromatic carbocycles. The molecule has 0 aliphatic heterocycles. The number of furan rings is 1. The molecule has 0 spiro atoms. The summed E-state index contributed by atoms with van der Waals surface area (Å²) in [5.74, 6) is 0.776. The maximum atomic E-state index is 11.7. The van der Waals surface area contributed by atoms with Gasteiger partial charge in [0.1, 0.15) is 5.76 Å². The number of nitrogens with zero attached hydrogens (tertiary/aromatic N) is 2. The molecule has 3 rings (SSSR count). The monoisotopic (exact) mass is 312 g/mol. The fourth-order valence-corrected chi connectivity index (χ4v) is 1.79. The van der Waals surface area contributed by atoms with Crippen molar-refractivity contribution in [3.8, 4) is 11.4 Å². The van der Waals surface area contributed by atoms with Crippen LogP contribution < -0.4 is 10.9 Å². The molecule has 0 bridgehead atoms. The first-order chi connectivity index (χ1) is 11.2. The average molecular weight is 312 g/mol. The number of amides is 1. The molecule has 0 aliphatic rings. The zero-order valence-corrected chi connectivity index (χ0v) is 11.9. The maximum Gasteiger partial charge on any atom is 0.248 e. The molecule has 0 aliphatic carbocycles. The van der Waals surface area contributed by atoms with E-state index in [1.165, 1.54) is 24.6 Å². The second-order valence-electron chi connectivity index (χ2n) is 4.52. The minimum Gasteiger partial charge on any atom is -0.465 e. The van der Waals surface area contributed by atoms with Gasteiger partial charge in [-0.2, -0.15) is 4.98 Å². The molecular formula is C15H12N4O4. The van der Waals surface area contributed by atoms with Crippen LogP contribution in [0.2, 0.25) is 0 Å². The van der Waals surface area contributed by atoms with Crippen LogP contribution in [0, 0.1) is 0 Å². The quantitative estimate of drug-likeness (QED) is 0.687. The van der Waals surface area contributed by atoms with Gasteiger partial charge in [-0.25, -0.2) is 0 Å². The number of H-pyrrole nitrogens is 1. The van der Waals surface area contributed by atoms with E-state index in [-0.39, 0.29) is 29.7 Å². The van der Waals surface area contributed by atoms with Crippen molar-refractivity contribution in [1.82, 2.24) is 20.4 Å². The van der Waals surface area contributed by atoms with Crippen LogP contribution in [0.3, 0.4) is 0 Å². The predicted octanol–water partition coefficient (Wildman–Crippen LogP) is 1.35. The third kappa shape index (κ3) is 3.82. The van der Waals surface area contributed by atoms with Gasteiger partial charge in [0.15, 0.2) is 0 Å². The molecule has 0 radical (unpaired) electrons. The molecule has 8 heteroatoms. The highest BCUT2D eigenvalue weighted by molar-refractivity contribution is 5.91. The van der Waals surface area contributed by atoms with Crippen LogP contribution in [0.4, 0.5) is 0 Å². The van der Waals surface area contributed by atoms with Gasteiger partial charge in [-0.3, -0.25) is 9.59 Å². The molecule has 0 saturated carbocycles. The summed E-state index contributed by atoms with van der Waals surface area (Å²) in [6.07, 6.45) is 5.90. The van der Waals surface area contributed by atoms with Crippen molar-refractivity contribution in [3.05, 3.63) is 64.8 Å². The number of pyridine rings is 1. The third-order valence-corrected chi connectivity index (χ3v) is 2.86. The molecular weight excluding hydrogens is 300 g/mol. The Kier molecular flexibility index (Phi) is 4.14. The van der Waals surface area contributed by atoms with E-state index >= 15 is 0 Å². The first-order valence-electron chi connectivity index (χ1n) is 6.72. The van der Waals surface area contributed by atoms with Crippen molar-refractivity contribution in [2.24, 2.45) is 0 Å². The Bertz CT molecular complexity index is 877. The van der Waals surface area contributed by atoms with Crippen molar-refractivity contribution in [2.75, 3.05) is 0 Å². The molecule has 1 amide bonds. The second kappa shape index (κ2) is 6.56. The molecule has 0 atom stereocenters. The van der Waals surface area contributed by atoms with Crippen LogP contribution in [0.25, 0.3) is 17.5 Å². The van der Waals surface area contributed by atoms with E-state index in [1.54, 1.807) is 24.3 Å². The fourth-order valence-electron chi connectivity index (χ4n) is 1.79. The molecule has 0 saturated heterocycles. The lowest BCUT2D eigenvalue weighted by Gasteiger charge is -1.96. The highest BCUT2D eigenvalue weighted by atomic mass is 16.5. The van der Waals surface area contributed by atoms with Gasteiger partial charge in [-0.15, -0.1) is 0 Å². The third-order valence-electron chi connectivity index (χ3n) is 2.86. The Hall–Kier alpha value is -3.42. The Balaban J connectivity index is 1.59. The first kappa shape index (κ1) is 14.5. The predicted molar refractivity (Wildman–Crippen MR) is 79.9 cm³/mol. The smallest absolute Gasteiger partial charge is 0.248 e. The summed E-state index contributed by atoms with van der Waals surface area (Å²) in [5, 5.41) is 6.37. The molecule has 3 aromatic rings. The summed E-state index contributed by atoms with van der Waals surface area (Å²) in [6, 6.07) is 6.47. The molecule has 8 nitrogen and oxygen atoms in total. The van der Waals surface area contributed by atoms with Crippen LogP contribution in [0.15, 0.2) is 56.5 Å². The van der Waals surface area contributed by atoms with Gasteiger partial charge < -0.3 is 19.2 Å². The molecule has 116 valence electrons. The topological polar surface area (TPSA) is 114 Å². The number of carbonyl (C=O) groups is 1. The molecule has 0 unspecified atom stereocenters. The Labute approximate surface area is 129 Å². The average Bonchev–Trinajstić information content (AvgIpc) is 3.22. The number of nitrogens with one attached hydrogen (secondary N) is 2. The van der Waals surface area contributed by atoms with E-state index in [1.807, 2.05) is 0 Å². The molecule has 2 N–H and O–H groups in total. The lowest BCUT2D eigenvalue weighted by molar-refractivity contribution is -0.116. The summed E-state index contributed by atoms with van der Waals surface area (Å²) in [5.41, 5.74) is 0.276. The minimum absolute atomic E-state index is 0.0809. The summed E-state index contributed by atoms with van der Waals surface area (Å²) >= 11 is 0. The number of carbonyl (C=O) groups excluding carboxylic acids is 1. The van der Waals surface area contributed by atoms with E-state index in [4.69, 9.17) is 8.94 Å². The molecule has 3 aromatic heterocycles. The first-order valence-corrected chi connectivity index (χ1v) is 6.72. The van der Waals surface area contributed by atoms with Crippen molar-refractivity contribution < 1.29 is 13.7 Å². The zero-order valence-electron chi connectivity index (χ0n) is 11.9. The molecule has 0 fully saturated rings. The van der Waals surface area contributed by atoms with Crippen molar-refractivity contribution >= 4 is 12.0 Å². The Morgan fingerprint density at radius 1 is 1.39 bits per heavy atom. The highest BCUT2D eigenvalue weighted by Crippen LogP contribution is 2.12. The number of hydrogen-bond donors (Lipinski definition) is 2. The number of rotatable bonds is 5. The summed E-state index contributed by atoms with van der Waals surface area (Å²) in [6.45, 7) is 0.0809. The SMILES string of the molecule is O=C(C=Cc1ccco1)NCc1nc(-c2cc[nH]c(=O)c2)no1. The largest absolute Gasteiger partial charge is 0.465 e. The van der Waals surface area contributed by atoms with E-state index in [9.17, 15) is 9.59 Å². The van der Waals surface area contributed by atoms with Crippen LogP contribution >= 0.6 is 0 Å². The van der Waals surface area contributed by atoms with Gasteiger partial charge in [0.25, 0.3) is 0 Å². The second-order valence-corrected chi connectivity index (χ2v) is 4.52. The lowest BCUT2D eigenvalue weighted by Crippen LogP contribution is -2.20. The normalized spacial score (nSPS) is 11.0. The maximum absolute atomic E-state index is 11.7. The molecule has 3 heterocycles. The van der Waals surface area contributed by atoms with Crippen LogP contribution in [0.1, 0.15) is 11.7 Å². The van der Waals surface area contributed by atoms with Gasteiger partial charge in [-0.1, -0.05) is 5.16 Å². The van der Waals surface area contributed by atoms with Gasteiger partial charge in [0.05, 0.1) is 12.8 Å². The van der Waals surface area contributed by atoms with Gasteiger partial charge >= 0.3 is 0 Å². The standard InChI is InChI=1S/C15H12N4O4/c20-12(4-3-11-2-1-7-22-11)17-9-14-18-15(19-23-14)10-5-6-16-13(21)8-10/h1-8H,9H2,(H,16,21)(H,17,20). The number of aromatic nitrogens is 3. The summed E-state index contributed by atoms with van der Waals surface area (Å²) < 4.78 is 10.1.